The van der Waals surface area contributed by atoms with Gasteiger partial charge < -0.3 is 19.9 Å². The maximum Gasteiger partial charge on any atom is 0.243 e. The summed E-state index contributed by atoms with van der Waals surface area (Å²) in [5, 5.41) is 15.4. The Morgan fingerprint density at radius 1 is 1.11 bits per heavy atom. The summed E-state index contributed by atoms with van der Waals surface area (Å²) in [7, 11) is 1.93. The zero-order valence-corrected chi connectivity index (χ0v) is 20.8. The molecule has 10 nitrogen and oxygen atoms in total. The molecule has 4 rings (SSSR count). The van der Waals surface area contributed by atoms with Gasteiger partial charge in [0.25, 0.3) is 0 Å². The topological polar surface area (TPSA) is 126 Å². The number of anilines is 3. The lowest BCUT2D eigenvalue weighted by atomic mass is 9.95. The van der Waals surface area contributed by atoms with Crippen LogP contribution < -0.4 is 20.9 Å². The van der Waals surface area contributed by atoms with Crippen LogP contribution in [0.5, 0.6) is 5.75 Å². The van der Waals surface area contributed by atoms with E-state index in [4.69, 9.17) is 14.9 Å². The number of carbonyl (C=O) groups excluding carboxylic acids is 1. The summed E-state index contributed by atoms with van der Waals surface area (Å²) >= 11 is 0. The second-order valence-corrected chi connectivity index (χ2v) is 8.75. The molecule has 1 aromatic carbocycles. The average Bonchev–Trinajstić information content (AvgIpc) is 3.23. The van der Waals surface area contributed by atoms with E-state index in [1.165, 1.54) is 19.3 Å². The number of nitrogens with one attached hydrogen (secondary N) is 3. The van der Waals surface area contributed by atoms with Crippen LogP contribution in [0.1, 0.15) is 57.8 Å². The van der Waals surface area contributed by atoms with Crippen LogP contribution in [0, 0.1) is 0 Å². The summed E-state index contributed by atoms with van der Waals surface area (Å²) in [6, 6.07) is 8.11. The van der Waals surface area contributed by atoms with Crippen LogP contribution >= 0.6 is 12.4 Å². The Bertz CT molecular complexity index is 1080. The largest absolute Gasteiger partial charge is 0.494 e. The molecular weight excluding hydrogens is 470 g/mol. The van der Waals surface area contributed by atoms with Crippen molar-refractivity contribution in [2.75, 3.05) is 17.2 Å². The van der Waals surface area contributed by atoms with Crippen LogP contribution in [-0.2, 0) is 11.8 Å². The fraction of sp³-hybridized carbons (Fsp3) is 0.500. The van der Waals surface area contributed by atoms with Crippen molar-refractivity contribution < 1.29 is 14.7 Å². The molecule has 1 aliphatic rings. The number of imidazole rings is 1. The van der Waals surface area contributed by atoms with Crippen LogP contribution in [0.15, 0.2) is 30.6 Å². The molecule has 35 heavy (non-hydrogen) atoms. The van der Waals surface area contributed by atoms with Crippen LogP contribution in [0.4, 0.5) is 17.5 Å². The van der Waals surface area contributed by atoms with Gasteiger partial charge in [-0.1, -0.05) is 19.3 Å². The molecule has 2 aromatic heterocycles. The molecule has 3 aromatic rings. The Labute approximate surface area is 211 Å². The first-order chi connectivity index (χ1) is 16.6. The summed E-state index contributed by atoms with van der Waals surface area (Å²) in [6.07, 6.45) is 10.6. The summed E-state index contributed by atoms with van der Waals surface area (Å²) in [4.78, 5) is 24.9. The highest BCUT2D eigenvalue weighted by molar-refractivity contribution is 5.85. The summed E-state index contributed by atoms with van der Waals surface area (Å²) in [5.74, 6) is 1.72. The number of nitrogens with zero attached hydrogens (tertiary/aromatic N) is 4. The minimum Gasteiger partial charge on any atom is -0.494 e. The Balaban J connectivity index is 0.00000342. The number of ether oxygens (including phenoxy) is 1. The highest BCUT2D eigenvalue weighted by Gasteiger charge is 2.18. The maximum atomic E-state index is 11.0. The van der Waals surface area contributed by atoms with E-state index in [2.05, 4.69) is 20.6 Å². The third kappa shape index (κ3) is 7.43. The number of aryl methyl sites for hydroxylation is 1. The minimum absolute atomic E-state index is 0. The van der Waals surface area contributed by atoms with Crippen molar-refractivity contribution in [3.63, 3.8) is 0 Å². The predicted octanol–water partition coefficient (Wildman–Crippen LogP) is 4.72. The predicted molar refractivity (Wildman–Crippen MR) is 138 cm³/mol. The second-order valence-electron chi connectivity index (χ2n) is 8.75. The van der Waals surface area contributed by atoms with E-state index in [0.717, 1.165) is 60.5 Å². The number of unbranched alkanes of at least 4 members (excludes halogenated alkanes) is 2. The number of rotatable bonds is 11. The van der Waals surface area contributed by atoms with Gasteiger partial charge in [-0.25, -0.2) is 10.5 Å². The molecule has 1 aliphatic carbocycles. The van der Waals surface area contributed by atoms with Crippen LogP contribution in [-0.4, -0.2) is 43.3 Å². The van der Waals surface area contributed by atoms with E-state index in [1.54, 1.807) is 11.8 Å². The van der Waals surface area contributed by atoms with E-state index < -0.39 is 0 Å². The molecule has 1 fully saturated rings. The number of fused-ring (bicyclic) bond motifs is 1. The van der Waals surface area contributed by atoms with Crippen LogP contribution in [0.25, 0.3) is 11.2 Å². The number of aromatic nitrogens is 4. The van der Waals surface area contributed by atoms with Crippen LogP contribution in [0.3, 0.4) is 0 Å². The molecule has 0 aliphatic heterocycles. The molecule has 0 spiro atoms. The van der Waals surface area contributed by atoms with Gasteiger partial charge in [0, 0.05) is 25.2 Å². The number of hydroxylamine groups is 1. The summed E-state index contributed by atoms with van der Waals surface area (Å²) in [6.45, 7) is 0.573. The van der Waals surface area contributed by atoms with E-state index in [1.807, 2.05) is 35.9 Å². The fourth-order valence-corrected chi connectivity index (χ4v) is 4.18. The normalized spacial score (nSPS) is 13.8. The smallest absolute Gasteiger partial charge is 0.243 e. The standard InChI is InChI=1S/C24H33N7O3.ClH/c1-31-16-25-21-22(26-17-8-4-2-5-9-17)28-24(29-23(21)31)27-18-11-13-19(14-12-18)34-15-7-3-6-10-20(32)30-33;/h11-14,16-17,33H,2-10,15H2,1H3,(H,30,32)(H2,26,27,28,29);1H. The van der Waals surface area contributed by atoms with Gasteiger partial charge in [-0.05, 0) is 56.4 Å². The Kier molecular flexibility index (Phi) is 9.92. The van der Waals surface area contributed by atoms with Gasteiger partial charge in [-0.3, -0.25) is 10.0 Å². The van der Waals surface area contributed by atoms with Gasteiger partial charge >= 0.3 is 0 Å². The lowest BCUT2D eigenvalue weighted by Gasteiger charge is -2.23. The number of hydrogen-bond acceptors (Lipinski definition) is 8. The molecule has 11 heteroatoms. The molecule has 0 radical (unpaired) electrons. The average molecular weight is 504 g/mol. The molecule has 0 unspecified atom stereocenters. The van der Waals surface area contributed by atoms with Gasteiger partial charge in [0.15, 0.2) is 17.0 Å². The van der Waals surface area contributed by atoms with Gasteiger partial charge in [-0.2, -0.15) is 9.97 Å². The molecule has 0 bridgehead atoms. The van der Waals surface area contributed by atoms with Gasteiger partial charge in [0.2, 0.25) is 11.9 Å². The molecule has 1 saturated carbocycles. The molecule has 2 heterocycles. The van der Waals surface area contributed by atoms with E-state index >= 15 is 0 Å². The first-order valence-corrected chi connectivity index (χ1v) is 12.0. The zero-order valence-electron chi connectivity index (χ0n) is 20.0. The van der Waals surface area contributed by atoms with Gasteiger partial charge in [-0.15, -0.1) is 12.4 Å². The van der Waals surface area contributed by atoms with E-state index in [9.17, 15) is 4.79 Å². The van der Waals surface area contributed by atoms with Gasteiger partial charge in [0.05, 0.1) is 12.9 Å². The minimum atomic E-state index is -0.354. The quantitative estimate of drug-likeness (QED) is 0.168. The lowest BCUT2D eigenvalue weighted by molar-refractivity contribution is -0.129. The number of hydrogen-bond donors (Lipinski definition) is 4. The zero-order chi connectivity index (χ0) is 23.8. The molecule has 0 saturated heterocycles. The molecular formula is C24H34ClN7O3. The Hall–Kier alpha value is -3.11. The van der Waals surface area contributed by atoms with E-state index in [0.29, 0.717) is 25.0 Å². The summed E-state index contributed by atoms with van der Waals surface area (Å²) in [5.41, 5.74) is 4.09. The lowest BCUT2D eigenvalue weighted by Crippen LogP contribution is -2.23. The van der Waals surface area contributed by atoms with Crippen molar-refractivity contribution in [3.05, 3.63) is 30.6 Å². The van der Waals surface area contributed by atoms with Gasteiger partial charge in [0.1, 0.15) is 5.75 Å². The van der Waals surface area contributed by atoms with Crippen LogP contribution in [0.2, 0.25) is 0 Å². The number of halogens is 1. The molecule has 4 N–H and O–H groups in total. The first kappa shape index (κ1) is 26.5. The van der Waals surface area contributed by atoms with Crippen molar-refractivity contribution >= 4 is 46.9 Å². The SMILES string of the molecule is Cl.Cn1cnc2c(NC3CCCCC3)nc(Nc3ccc(OCCCCCC(=O)NO)cc3)nc21. The van der Waals surface area contributed by atoms with Crippen molar-refractivity contribution in [1.29, 1.82) is 0 Å². The fourth-order valence-electron chi connectivity index (χ4n) is 4.18. The third-order valence-electron chi connectivity index (χ3n) is 6.06. The Morgan fingerprint density at radius 3 is 2.63 bits per heavy atom. The van der Waals surface area contributed by atoms with Crippen molar-refractivity contribution in [2.45, 2.75) is 63.8 Å². The van der Waals surface area contributed by atoms with Crippen molar-refractivity contribution in [1.82, 2.24) is 25.0 Å². The molecule has 190 valence electrons. The van der Waals surface area contributed by atoms with Crippen molar-refractivity contribution in [2.24, 2.45) is 7.05 Å². The highest BCUT2D eigenvalue weighted by atomic mass is 35.5. The first-order valence-electron chi connectivity index (χ1n) is 12.0. The van der Waals surface area contributed by atoms with Crippen molar-refractivity contribution in [3.8, 4) is 5.75 Å². The second kappa shape index (κ2) is 13.1. The number of carbonyl (C=O) groups is 1. The monoisotopic (exact) mass is 503 g/mol. The number of amides is 1. The summed E-state index contributed by atoms with van der Waals surface area (Å²) < 4.78 is 7.68. The molecule has 1 amide bonds. The maximum absolute atomic E-state index is 11.0. The van der Waals surface area contributed by atoms with E-state index in [-0.39, 0.29) is 18.3 Å². The third-order valence-corrected chi connectivity index (χ3v) is 6.06. The molecule has 0 atom stereocenters. The Morgan fingerprint density at radius 2 is 1.89 bits per heavy atom. The highest BCUT2D eigenvalue weighted by Crippen LogP contribution is 2.27. The number of benzene rings is 1.